The maximum atomic E-state index is 5.41. The minimum atomic E-state index is 0.669. The zero-order valence-electron chi connectivity index (χ0n) is 15.0. The summed E-state index contributed by atoms with van der Waals surface area (Å²) in [6.45, 7) is 10.0. The molecule has 1 aromatic heterocycles. The van der Waals surface area contributed by atoms with Crippen LogP contribution in [0.3, 0.4) is 0 Å². The van der Waals surface area contributed by atoms with E-state index in [1.54, 1.807) is 0 Å². The molecule has 3 rings (SSSR count). The molecule has 1 atom stereocenters. The van der Waals surface area contributed by atoms with Crippen molar-refractivity contribution >= 4 is 0 Å². The van der Waals surface area contributed by atoms with Crippen molar-refractivity contribution < 1.29 is 4.52 Å². The van der Waals surface area contributed by atoms with Crippen LogP contribution in [0.25, 0.3) is 11.4 Å². The van der Waals surface area contributed by atoms with Crippen LogP contribution in [0.2, 0.25) is 0 Å². The molecule has 0 saturated carbocycles. The molecule has 0 bridgehead atoms. The molecule has 2 aromatic rings. The summed E-state index contributed by atoms with van der Waals surface area (Å²) >= 11 is 0. The summed E-state index contributed by atoms with van der Waals surface area (Å²) in [6.07, 6.45) is 1.29. The minimum absolute atomic E-state index is 0.669. The van der Waals surface area contributed by atoms with Gasteiger partial charge in [0.25, 0.3) is 0 Å². The van der Waals surface area contributed by atoms with Gasteiger partial charge >= 0.3 is 0 Å². The fourth-order valence-corrected chi connectivity index (χ4v) is 3.50. The molecule has 1 aliphatic heterocycles. The van der Waals surface area contributed by atoms with E-state index in [9.17, 15) is 0 Å². The third kappa shape index (κ3) is 4.65. The number of hydrogen-bond donors (Lipinski definition) is 0. The molecule has 1 unspecified atom stereocenters. The SMILES string of the molecule is CC(C)CN1CCC(CN(C)Cc2nc(-c3ccccc3)no2)C1. The summed E-state index contributed by atoms with van der Waals surface area (Å²) in [5.74, 6) is 2.85. The second-order valence-corrected chi connectivity index (χ2v) is 7.38. The minimum Gasteiger partial charge on any atom is -0.338 e. The molecule has 0 radical (unpaired) electrons. The van der Waals surface area contributed by atoms with Crippen LogP contribution in [0.4, 0.5) is 0 Å². The zero-order valence-corrected chi connectivity index (χ0v) is 15.0. The summed E-state index contributed by atoms with van der Waals surface area (Å²) in [7, 11) is 2.14. The lowest BCUT2D eigenvalue weighted by atomic mass is 10.1. The molecule has 2 heterocycles. The van der Waals surface area contributed by atoms with Gasteiger partial charge in [-0.1, -0.05) is 49.3 Å². The van der Waals surface area contributed by atoms with Crippen LogP contribution in [0.1, 0.15) is 26.2 Å². The van der Waals surface area contributed by atoms with Crippen molar-refractivity contribution in [1.29, 1.82) is 0 Å². The van der Waals surface area contributed by atoms with Gasteiger partial charge in [0.2, 0.25) is 11.7 Å². The molecule has 1 saturated heterocycles. The van der Waals surface area contributed by atoms with E-state index in [2.05, 4.69) is 40.8 Å². The van der Waals surface area contributed by atoms with Gasteiger partial charge in [-0.3, -0.25) is 4.90 Å². The molecular weight excluding hydrogens is 300 g/mol. The Bertz CT molecular complexity index is 625. The highest BCUT2D eigenvalue weighted by Crippen LogP contribution is 2.19. The van der Waals surface area contributed by atoms with Crippen molar-refractivity contribution in [2.24, 2.45) is 11.8 Å². The third-order valence-corrected chi connectivity index (χ3v) is 4.47. The molecule has 130 valence electrons. The molecule has 1 aromatic carbocycles. The molecule has 5 nitrogen and oxygen atoms in total. The fraction of sp³-hybridized carbons (Fsp3) is 0.579. The van der Waals surface area contributed by atoms with Gasteiger partial charge in [-0.15, -0.1) is 0 Å². The standard InChI is InChI=1S/C19H28N4O/c1-15(2)11-23-10-9-16(13-23)12-22(3)14-18-20-19(21-24-18)17-7-5-4-6-8-17/h4-8,15-16H,9-14H2,1-3H3. The normalized spacial score (nSPS) is 18.8. The van der Waals surface area contributed by atoms with Gasteiger partial charge in [-0.2, -0.15) is 4.98 Å². The van der Waals surface area contributed by atoms with Crippen LogP contribution in [-0.2, 0) is 6.54 Å². The molecule has 0 spiro atoms. The highest BCUT2D eigenvalue weighted by molar-refractivity contribution is 5.53. The van der Waals surface area contributed by atoms with Crippen LogP contribution < -0.4 is 0 Å². The van der Waals surface area contributed by atoms with Crippen molar-refractivity contribution in [2.45, 2.75) is 26.8 Å². The second kappa shape index (κ2) is 7.90. The molecule has 0 amide bonds. The van der Waals surface area contributed by atoms with Crippen molar-refractivity contribution in [1.82, 2.24) is 19.9 Å². The lowest BCUT2D eigenvalue weighted by Gasteiger charge is -2.21. The Morgan fingerprint density at radius 2 is 2.08 bits per heavy atom. The smallest absolute Gasteiger partial charge is 0.241 e. The van der Waals surface area contributed by atoms with Crippen molar-refractivity contribution in [3.05, 3.63) is 36.2 Å². The van der Waals surface area contributed by atoms with Gasteiger partial charge in [-0.25, -0.2) is 0 Å². The van der Waals surface area contributed by atoms with Crippen molar-refractivity contribution in [2.75, 3.05) is 33.2 Å². The van der Waals surface area contributed by atoms with E-state index >= 15 is 0 Å². The van der Waals surface area contributed by atoms with E-state index in [4.69, 9.17) is 4.52 Å². The molecule has 0 aliphatic carbocycles. The first-order chi connectivity index (χ1) is 11.6. The van der Waals surface area contributed by atoms with Crippen molar-refractivity contribution in [3.63, 3.8) is 0 Å². The lowest BCUT2D eigenvalue weighted by Crippen LogP contribution is -2.29. The fourth-order valence-electron chi connectivity index (χ4n) is 3.50. The first-order valence-corrected chi connectivity index (χ1v) is 8.89. The van der Waals surface area contributed by atoms with Crippen LogP contribution in [-0.4, -0.2) is 53.2 Å². The van der Waals surface area contributed by atoms with Gasteiger partial charge in [0, 0.05) is 25.2 Å². The Hall–Kier alpha value is -1.72. The largest absolute Gasteiger partial charge is 0.338 e. The highest BCUT2D eigenvalue weighted by atomic mass is 16.5. The summed E-state index contributed by atoms with van der Waals surface area (Å²) in [6, 6.07) is 9.96. The summed E-state index contributed by atoms with van der Waals surface area (Å²) in [5.41, 5.74) is 0.996. The number of rotatable bonds is 7. The first kappa shape index (κ1) is 17.1. The van der Waals surface area contributed by atoms with E-state index in [1.807, 2.05) is 30.3 Å². The Balaban J connectivity index is 1.49. The predicted molar refractivity (Wildman–Crippen MR) is 95.5 cm³/mol. The lowest BCUT2D eigenvalue weighted by molar-refractivity contribution is 0.224. The third-order valence-electron chi connectivity index (χ3n) is 4.47. The summed E-state index contributed by atoms with van der Waals surface area (Å²) in [4.78, 5) is 9.40. The molecule has 1 aliphatic rings. The number of likely N-dealkylation sites (tertiary alicyclic amines) is 1. The van der Waals surface area contributed by atoms with Crippen LogP contribution in [0, 0.1) is 11.8 Å². The Labute approximate surface area is 144 Å². The summed E-state index contributed by atoms with van der Waals surface area (Å²) < 4.78 is 5.41. The van der Waals surface area contributed by atoms with E-state index in [-0.39, 0.29) is 0 Å². The van der Waals surface area contributed by atoms with Crippen LogP contribution in [0.5, 0.6) is 0 Å². The second-order valence-electron chi connectivity index (χ2n) is 7.38. The van der Waals surface area contributed by atoms with Gasteiger partial charge in [-0.05, 0) is 31.8 Å². The monoisotopic (exact) mass is 328 g/mol. The van der Waals surface area contributed by atoms with Gasteiger partial charge in [0.15, 0.2) is 0 Å². The number of aromatic nitrogens is 2. The molecule has 5 heteroatoms. The van der Waals surface area contributed by atoms with E-state index in [1.165, 1.54) is 26.1 Å². The quantitative estimate of drug-likeness (QED) is 0.781. The average Bonchev–Trinajstić information content (AvgIpc) is 3.17. The average molecular weight is 328 g/mol. The Kier molecular flexibility index (Phi) is 5.63. The van der Waals surface area contributed by atoms with E-state index in [0.29, 0.717) is 18.3 Å². The maximum absolute atomic E-state index is 5.41. The highest BCUT2D eigenvalue weighted by Gasteiger charge is 2.24. The Morgan fingerprint density at radius 3 is 2.83 bits per heavy atom. The molecule has 1 fully saturated rings. The molecule has 0 N–H and O–H groups in total. The number of hydrogen-bond acceptors (Lipinski definition) is 5. The molecule has 24 heavy (non-hydrogen) atoms. The van der Waals surface area contributed by atoms with Gasteiger partial charge in [0.05, 0.1) is 6.54 Å². The first-order valence-electron chi connectivity index (χ1n) is 8.89. The predicted octanol–water partition coefficient (Wildman–Crippen LogP) is 3.15. The molecular formula is C19H28N4O. The van der Waals surface area contributed by atoms with Crippen LogP contribution in [0.15, 0.2) is 34.9 Å². The summed E-state index contributed by atoms with van der Waals surface area (Å²) in [5, 5.41) is 4.10. The van der Waals surface area contributed by atoms with Gasteiger partial charge < -0.3 is 9.42 Å². The van der Waals surface area contributed by atoms with Crippen LogP contribution >= 0.6 is 0 Å². The Morgan fingerprint density at radius 1 is 1.29 bits per heavy atom. The zero-order chi connectivity index (χ0) is 16.9. The number of benzene rings is 1. The van der Waals surface area contributed by atoms with Crippen molar-refractivity contribution in [3.8, 4) is 11.4 Å². The van der Waals surface area contributed by atoms with E-state index in [0.717, 1.165) is 23.9 Å². The number of nitrogens with zero attached hydrogens (tertiary/aromatic N) is 4. The van der Waals surface area contributed by atoms with Gasteiger partial charge in [0.1, 0.15) is 0 Å². The van der Waals surface area contributed by atoms with E-state index < -0.39 is 0 Å². The topological polar surface area (TPSA) is 45.4 Å². The maximum Gasteiger partial charge on any atom is 0.241 e.